The number of benzene rings is 1. The van der Waals surface area contributed by atoms with Crippen LogP contribution in [-0.4, -0.2) is 10.4 Å². The molecule has 0 heterocycles. The van der Waals surface area contributed by atoms with Crippen LogP contribution in [0.25, 0.3) is 0 Å². The van der Waals surface area contributed by atoms with Crippen molar-refractivity contribution in [1.29, 1.82) is 0 Å². The second-order valence-corrected chi connectivity index (χ2v) is 7.67. The fourth-order valence-electron chi connectivity index (χ4n) is 1.70. The van der Waals surface area contributed by atoms with Gasteiger partial charge in [-0.1, -0.05) is 45.9 Å². The third kappa shape index (κ3) is 4.30. The smallest absolute Gasteiger partial charge is 0.255 e. The van der Waals surface area contributed by atoms with E-state index < -0.39 is 16.5 Å². The van der Waals surface area contributed by atoms with Crippen LogP contribution in [0.3, 0.4) is 0 Å². The Morgan fingerprint density at radius 2 is 2.00 bits per heavy atom. The van der Waals surface area contributed by atoms with Crippen molar-refractivity contribution in [2.24, 2.45) is 11.3 Å². The summed E-state index contributed by atoms with van der Waals surface area (Å²) >= 11 is 9.55. The first-order valence-corrected chi connectivity index (χ1v) is 8.51. The summed E-state index contributed by atoms with van der Waals surface area (Å²) in [5.41, 5.74) is -0.741. The summed E-state index contributed by atoms with van der Waals surface area (Å²) in [4.78, 5) is 24.2. The van der Waals surface area contributed by atoms with Crippen molar-refractivity contribution >= 4 is 49.7 Å². The highest BCUT2D eigenvalue weighted by atomic mass is 79.9. The van der Waals surface area contributed by atoms with Crippen LogP contribution >= 0.6 is 39.3 Å². The maximum absolute atomic E-state index is 13.6. The van der Waals surface area contributed by atoms with Crippen LogP contribution in [0.5, 0.6) is 0 Å². The SMILES string of the molecule is CCC(C)C(C)(C)C(=O)Sc1cc(C(=O)Cl)c(F)cc1Br. The molecular formula is C15H17BrClFO2S. The highest BCUT2D eigenvalue weighted by molar-refractivity contribution is 9.10. The van der Waals surface area contributed by atoms with Crippen LogP contribution in [0, 0.1) is 17.2 Å². The monoisotopic (exact) mass is 394 g/mol. The molecule has 0 amide bonds. The number of hydrogen-bond donors (Lipinski definition) is 0. The summed E-state index contributed by atoms with van der Waals surface area (Å²) in [5.74, 6) is -0.495. The van der Waals surface area contributed by atoms with Crippen molar-refractivity contribution in [2.75, 3.05) is 0 Å². The summed E-state index contributed by atoms with van der Waals surface area (Å²) in [6.45, 7) is 7.83. The summed E-state index contributed by atoms with van der Waals surface area (Å²) in [7, 11) is 0. The van der Waals surface area contributed by atoms with Gasteiger partial charge < -0.3 is 0 Å². The van der Waals surface area contributed by atoms with Crippen molar-refractivity contribution in [1.82, 2.24) is 0 Å². The zero-order valence-electron chi connectivity index (χ0n) is 12.3. The van der Waals surface area contributed by atoms with Gasteiger partial charge in [0.1, 0.15) is 5.82 Å². The largest absolute Gasteiger partial charge is 0.286 e. The van der Waals surface area contributed by atoms with Gasteiger partial charge in [0.05, 0.1) is 5.56 Å². The lowest BCUT2D eigenvalue weighted by molar-refractivity contribution is -0.120. The molecule has 116 valence electrons. The predicted octanol–water partition coefficient (Wildman–Crippen LogP) is 5.66. The third-order valence-electron chi connectivity index (χ3n) is 3.81. The molecule has 0 fully saturated rings. The molecule has 1 unspecified atom stereocenters. The van der Waals surface area contributed by atoms with E-state index in [1.54, 1.807) is 0 Å². The minimum atomic E-state index is -0.879. The Morgan fingerprint density at radius 1 is 1.43 bits per heavy atom. The van der Waals surface area contributed by atoms with E-state index in [4.69, 9.17) is 11.6 Å². The summed E-state index contributed by atoms with van der Waals surface area (Å²) < 4.78 is 14.0. The zero-order valence-corrected chi connectivity index (χ0v) is 15.5. The Labute approximate surface area is 141 Å². The first-order valence-electron chi connectivity index (χ1n) is 6.52. The van der Waals surface area contributed by atoms with Crippen molar-refractivity contribution in [2.45, 2.75) is 39.0 Å². The predicted molar refractivity (Wildman–Crippen MR) is 88.4 cm³/mol. The number of carbonyl (C=O) groups is 2. The van der Waals surface area contributed by atoms with E-state index in [1.807, 2.05) is 27.7 Å². The molecule has 0 saturated heterocycles. The average Bonchev–Trinajstić information content (AvgIpc) is 2.39. The van der Waals surface area contributed by atoms with Gasteiger partial charge in [-0.2, -0.15) is 0 Å². The molecule has 2 nitrogen and oxygen atoms in total. The van der Waals surface area contributed by atoms with Crippen LogP contribution in [0.4, 0.5) is 4.39 Å². The standard InChI is InChI=1S/C15H17BrClFO2S/c1-5-8(2)15(3,4)14(20)21-12-6-9(13(17)19)11(18)7-10(12)16/h6-8H,5H2,1-4H3. The Balaban J connectivity index is 3.11. The Bertz CT molecular complexity index is 575. The minimum Gasteiger partial charge on any atom is -0.286 e. The van der Waals surface area contributed by atoms with Gasteiger partial charge in [0.2, 0.25) is 0 Å². The molecule has 0 N–H and O–H groups in total. The molecule has 1 rings (SSSR count). The van der Waals surface area contributed by atoms with E-state index in [-0.39, 0.29) is 16.6 Å². The number of carbonyl (C=O) groups excluding carboxylic acids is 2. The number of thioether (sulfide) groups is 1. The van der Waals surface area contributed by atoms with Crippen LogP contribution in [0.2, 0.25) is 0 Å². The highest BCUT2D eigenvalue weighted by Gasteiger charge is 2.33. The first kappa shape index (κ1) is 18.7. The molecule has 6 heteroatoms. The number of hydrogen-bond acceptors (Lipinski definition) is 3. The maximum Gasteiger partial charge on any atom is 0.255 e. The third-order valence-corrected chi connectivity index (χ3v) is 6.20. The lowest BCUT2D eigenvalue weighted by Crippen LogP contribution is -2.29. The van der Waals surface area contributed by atoms with Gasteiger partial charge in [-0.05, 0) is 45.6 Å². The van der Waals surface area contributed by atoms with E-state index >= 15 is 0 Å². The van der Waals surface area contributed by atoms with Gasteiger partial charge in [0, 0.05) is 14.8 Å². The van der Waals surface area contributed by atoms with Gasteiger partial charge >= 0.3 is 0 Å². The second-order valence-electron chi connectivity index (χ2n) is 5.46. The van der Waals surface area contributed by atoms with Crippen LogP contribution in [-0.2, 0) is 4.79 Å². The van der Waals surface area contributed by atoms with Gasteiger partial charge in [0.15, 0.2) is 5.12 Å². The van der Waals surface area contributed by atoms with E-state index in [9.17, 15) is 14.0 Å². The summed E-state index contributed by atoms with van der Waals surface area (Å²) in [5, 5.41) is -0.910. The van der Waals surface area contributed by atoms with Crippen molar-refractivity contribution in [3.05, 3.63) is 28.0 Å². The van der Waals surface area contributed by atoms with Crippen molar-refractivity contribution in [3.8, 4) is 0 Å². The minimum absolute atomic E-state index is 0.0304. The molecule has 0 radical (unpaired) electrons. The van der Waals surface area contributed by atoms with Gasteiger partial charge in [-0.25, -0.2) is 4.39 Å². The van der Waals surface area contributed by atoms with Crippen LogP contribution < -0.4 is 0 Å². The van der Waals surface area contributed by atoms with Gasteiger partial charge in [-0.3, -0.25) is 9.59 Å². The zero-order chi connectivity index (χ0) is 16.4. The van der Waals surface area contributed by atoms with E-state index in [2.05, 4.69) is 15.9 Å². The summed E-state index contributed by atoms with van der Waals surface area (Å²) in [6, 6.07) is 2.46. The number of halogens is 3. The Morgan fingerprint density at radius 3 is 2.48 bits per heavy atom. The molecule has 0 aliphatic carbocycles. The lowest BCUT2D eigenvalue weighted by Gasteiger charge is -2.29. The first-order chi connectivity index (χ1) is 9.61. The molecule has 0 aliphatic heterocycles. The molecule has 0 spiro atoms. The molecule has 0 aliphatic rings. The van der Waals surface area contributed by atoms with Crippen LogP contribution in [0.15, 0.2) is 21.5 Å². The topological polar surface area (TPSA) is 34.1 Å². The fraction of sp³-hybridized carbons (Fsp3) is 0.467. The highest BCUT2D eigenvalue weighted by Crippen LogP contribution is 2.39. The average molecular weight is 396 g/mol. The quantitative estimate of drug-likeness (QED) is 0.476. The van der Waals surface area contributed by atoms with Gasteiger partial charge in [-0.15, -0.1) is 0 Å². The van der Waals surface area contributed by atoms with E-state index in [1.165, 1.54) is 6.07 Å². The summed E-state index contributed by atoms with van der Waals surface area (Å²) in [6.07, 6.45) is 0.884. The maximum atomic E-state index is 13.6. The van der Waals surface area contributed by atoms with Gasteiger partial charge in [0.25, 0.3) is 5.24 Å². The fourth-order valence-corrected chi connectivity index (χ4v) is 3.40. The second kappa shape index (κ2) is 7.25. The Kier molecular flexibility index (Phi) is 6.44. The van der Waals surface area contributed by atoms with Crippen molar-refractivity contribution in [3.63, 3.8) is 0 Å². The molecule has 0 saturated carbocycles. The molecule has 0 bridgehead atoms. The molecule has 1 aromatic carbocycles. The van der Waals surface area contributed by atoms with Crippen LogP contribution in [0.1, 0.15) is 44.5 Å². The molecule has 21 heavy (non-hydrogen) atoms. The van der Waals surface area contributed by atoms with E-state index in [0.717, 1.165) is 24.2 Å². The molecule has 1 atom stereocenters. The molecule has 1 aromatic rings. The van der Waals surface area contributed by atoms with Crippen molar-refractivity contribution < 1.29 is 14.0 Å². The normalized spacial score (nSPS) is 13.1. The number of rotatable bonds is 5. The van der Waals surface area contributed by atoms with E-state index in [0.29, 0.717) is 9.37 Å². The lowest BCUT2D eigenvalue weighted by atomic mass is 9.80. The Hall–Kier alpha value is -0.390. The molecule has 0 aromatic heterocycles. The molecular weight excluding hydrogens is 379 g/mol.